The molecule has 1 heterocycles. The van der Waals surface area contributed by atoms with E-state index in [1.165, 1.54) is 0 Å². The van der Waals surface area contributed by atoms with Gasteiger partial charge < -0.3 is 14.8 Å². The van der Waals surface area contributed by atoms with Crippen molar-refractivity contribution in [1.29, 1.82) is 0 Å². The Hall–Kier alpha value is -3.86. The molecule has 0 spiro atoms. The Kier molecular flexibility index (Phi) is 7.64. The molecule has 2 unspecified atom stereocenters. The third kappa shape index (κ3) is 6.25. The molecule has 2 N–H and O–H groups in total. The van der Waals surface area contributed by atoms with Gasteiger partial charge in [0, 0.05) is 5.69 Å². The van der Waals surface area contributed by atoms with Crippen LogP contribution in [0.1, 0.15) is 5.56 Å². The third-order valence-electron chi connectivity index (χ3n) is 5.32. The van der Waals surface area contributed by atoms with E-state index < -0.39 is 78.3 Å². The van der Waals surface area contributed by atoms with Gasteiger partial charge in [-0.3, -0.25) is 5.32 Å². The van der Waals surface area contributed by atoms with E-state index in [0.29, 0.717) is 24.3 Å². The van der Waals surface area contributed by atoms with Crippen molar-refractivity contribution in [2.75, 3.05) is 23.8 Å². The molecule has 0 bridgehead atoms. The lowest BCUT2D eigenvalue weighted by atomic mass is 10.1. The molecule has 1 saturated carbocycles. The zero-order valence-electron chi connectivity index (χ0n) is 18.9. The van der Waals surface area contributed by atoms with Gasteiger partial charge in [-0.25, -0.2) is 18.0 Å². The van der Waals surface area contributed by atoms with Gasteiger partial charge in [0.05, 0.1) is 11.6 Å². The minimum absolute atomic E-state index is 0.174. The van der Waals surface area contributed by atoms with Gasteiger partial charge in [0.2, 0.25) is 17.7 Å². The van der Waals surface area contributed by atoms with Crippen molar-refractivity contribution in [2.24, 2.45) is 5.41 Å². The molecule has 1 aromatic heterocycles. The summed E-state index contributed by atoms with van der Waals surface area (Å²) in [7, 11) is 0. The van der Waals surface area contributed by atoms with Gasteiger partial charge in [0.15, 0.2) is 12.8 Å². The second kappa shape index (κ2) is 10.0. The first-order valence-corrected chi connectivity index (χ1v) is 10.3. The maximum absolute atomic E-state index is 13.6. The molecule has 39 heavy (non-hydrogen) atoms. The standard InChI is InChI=1S/C21H15F11N4O3/c1-2-17(14(22)19(17,25)26)8-38-12-7-13(39-9-18(23,24)21(30,31)32)35-15(34-12)36-16(37)33-11-5-3-10(4-6-11)20(27,28)29/h2-7,14H,1,8-9H2,(H2,33,34,35,36,37). The van der Waals surface area contributed by atoms with Crippen LogP contribution >= 0.6 is 0 Å². The highest BCUT2D eigenvalue weighted by molar-refractivity contribution is 5.98. The summed E-state index contributed by atoms with van der Waals surface area (Å²) in [4.78, 5) is 19.1. The number of benzene rings is 1. The fraction of sp³-hybridized carbons (Fsp3) is 0.381. The number of ether oxygens (including phenoxy) is 2. The number of alkyl halides is 11. The van der Waals surface area contributed by atoms with Gasteiger partial charge in [-0.05, 0) is 24.3 Å². The van der Waals surface area contributed by atoms with Crippen LogP contribution in [0.4, 0.5) is 64.7 Å². The van der Waals surface area contributed by atoms with Crippen LogP contribution in [-0.2, 0) is 6.18 Å². The van der Waals surface area contributed by atoms with Crippen LogP contribution in [0, 0.1) is 5.41 Å². The Morgan fingerprint density at radius 2 is 1.51 bits per heavy atom. The van der Waals surface area contributed by atoms with Gasteiger partial charge in [-0.15, -0.1) is 6.58 Å². The Balaban J connectivity index is 1.79. The summed E-state index contributed by atoms with van der Waals surface area (Å²) in [6.45, 7) is -0.310. The highest BCUT2D eigenvalue weighted by Gasteiger charge is 2.81. The van der Waals surface area contributed by atoms with Crippen LogP contribution in [0.5, 0.6) is 11.8 Å². The predicted octanol–water partition coefficient (Wildman–Crippen LogP) is 6.25. The summed E-state index contributed by atoms with van der Waals surface area (Å²) in [5.74, 6) is -12.0. The number of rotatable bonds is 9. The minimum Gasteiger partial charge on any atom is -0.476 e. The molecule has 2 amide bonds. The fourth-order valence-corrected chi connectivity index (χ4v) is 2.95. The summed E-state index contributed by atoms with van der Waals surface area (Å²) in [6, 6.07) is 2.28. The lowest BCUT2D eigenvalue weighted by Crippen LogP contribution is -2.41. The minimum atomic E-state index is -6.01. The molecule has 0 radical (unpaired) electrons. The average Bonchev–Trinajstić information content (AvgIpc) is 3.25. The smallest absolute Gasteiger partial charge is 0.456 e. The number of carbonyl (C=O) groups excluding carboxylic acids is 1. The highest BCUT2D eigenvalue weighted by Crippen LogP contribution is 2.63. The van der Waals surface area contributed by atoms with E-state index in [1.807, 2.05) is 5.32 Å². The van der Waals surface area contributed by atoms with E-state index in [4.69, 9.17) is 4.74 Å². The number of hydrogen-bond donors (Lipinski definition) is 2. The maximum atomic E-state index is 13.6. The molecule has 18 heteroatoms. The predicted molar refractivity (Wildman–Crippen MR) is 111 cm³/mol. The molecule has 7 nitrogen and oxygen atoms in total. The van der Waals surface area contributed by atoms with Crippen molar-refractivity contribution < 1.29 is 62.6 Å². The van der Waals surface area contributed by atoms with Crippen molar-refractivity contribution in [2.45, 2.75) is 30.4 Å². The summed E-state index contributed by atoms with van der Waals surface area (Å²) >= 11 is 0. The van der Waals surface area contributed by atoms with Crippen molar-refractivity contribution in [3.05, 3.63) is 48.6 Å². The van der Waals surface area contributed by atoms with Crippen molar-refractivity contribution in [3.8, 4) is 11.8 Å². The molecular formula is C21H15F11N4O3. The van der Waals surface area contributed by atoms with Gasteiger partial charge in [0.1, 0.15) is 12.0 Å². The van der Waals surface area contributed by atoms with Crippen LogP contribution in [0.2, 0.25) is 0 Å². The molecule has 1 fully saturated rings. The SMILES string of the molecule is C=CC1(COc2cc(OCC(F)(F)C(F)(F)F)nc(NC(=O)Nc3ccc(C(F)(F)F)cc3)n2)C(F)C1(F)F. The molecule has 3 rings (SSSR count). The van der Waals surface area contributed by atoms with Crippen molar-refractivity contribution in [3.63, 3.8) is 0 Å². The molecule has 0 aliphatic heterocycles. The Bertz CT molecular complexity index is 1220. The number of hydrogen-bond acceptors (Lipinski definition) is 5. The quantitative estimate of drug-likeness (QED) is 0.271. The van der Waals surface area contributed by atoms with E-state index in [9.17, 15) is 53.1 Å². The first-order chi connectivity index (χ1) is 17.8. The van der Waals surface area contributed by atoms with E-state index in [-0.39, 0.29) is 5.69 Å². The zero-order chi connectivity index (χ0) is 29.4. The monoisotopic (exact) mass is 580 g/mol. The van der Waals surface area contributed by atoms with Gasteiger partial charge in [-0.1, -0.05) is 6.08 Å². The summed E-state index contributed by atoms with van der Waals surface area (Å²) in [6.07, 6.45) is -12.8. The molecule has 0 saturated heterocycles. The topological polar surface area (TPSA) is 85.4 Å². The number of urea groups is 1. The fourth-order valence-electron chi connectivity index (χ4n) is 2.95. The maximum Gasteiger partial charge on any atom is 0.456 e. The van der Waals surface area contributed by atoms with Crippen LogP contribution in [0.25, 0.3) is 0 Å². The van der Waals surface area contributed by atoms with E-state index >= 15 is 0 Å². The van der Waals surface area contributed by atoms with Gasteiger partial charge >= 0.3 is 24.3 Å². The number of halogens is 11. The van der Waals surface area contributed by atoms with Crippen molar-refractivity contribution in [1.82, 2.24) is 9.97 Å². The molecule has 1 aromatic carbocycles. The summed E-state index contributed by atoms with van der Waals surface area (Å²) in [5, 5.41) is 3.95. The van der Waals surface area contributed by atoms with Gasteiger partial charge in [0.25, 0.3) is 5.92 Å². The van der Waals surface area contributed by atoms with E-state index in [1.54, 1.807) is 0 Å². The zero-order valence-corrected chi connectivity index (χ0v) is 18.9. The Morgan fingerprint density at radius 3 is 1.97 bits per heavy atom. The number of nitrogens with zero attached hydrogens (tertiary/aromatic N) is 2. The largest absolute Gasteiger partial charge is 0.476 e. The summed E-state index contributed by atoms with van der Waals surface area (Å²) in [5.41, 5.74) is -3.70. The Labute approximate surface area is 211 Å². The molecule has 2 aromatic rings. The second-order valence-electron chi connectivity index (χ2n) is 8.03. The average molecular weight is 580 g/mol. The number of amides is 2. The number of aromatic nitrogens is 2. The van der Waals surface area contributed by atoms with Crippen LogP contribution in [0.3, 0.4) is 0 Å². The second-order valence-corrected chi connectivity index (χ2v) is 8.03. The third-order valence-corrected chi connectivity index (χ3v) is 5.32. The lowest BCUT2D eigenvalue weighted by molar-refractivity contribution is -0.290. The van der Waals surface area contributed by atoms with Crippen LogP contribution in [-0.4, -0.2) is 53.4 Å². The molecule has 214 valence electrons. The number of carbonyl (C=O) groups is 1. The van der Waals surface area contributed by atoms with E-state index in [2.05, 4.69) is 26.6 Å². The first kappa shape index (κ1) is 29.7. The normalized spacial score (nSPS) is 20.6. The highest BCUT2D eigenvalue weighted by atomic mass is 19.4. The first-order valence-electron chi connectivity index (χ1n) is 10.3. The molecule has 1 aliphatic rings. The van der Waals surface area contributed by atoms with E-state index in [0.717, 1.165) is 12.1 Å². The van der Waals surface area contributed by atoms with Gasteiger partial charge in [-0.2, -0.15) is 45.1 Å². The Morgan fingerprint density at radius 1 is 0.974 bits per heavy atom. The van der Waals surface area contributed by atoms with Crippen molar-refractivity contribution >= 4 is 17.7 Å². The number of nitrogens with one attached hydrogen (secondary N) is 2. The number of anilines is 2. The lowest BCUT2D eigenvalue weighted by Gasteiger charge is -2.20. The summed E-state index contributed by atoms with van der Waals surface area (Å²) < 4.78 is 152. The molecular weight excluding hydrogens is 565 g/mol. The molecule has 1 aliphatic carbocycles. The van der Waals surface area contributed by atoms with Crippen LogP contribution in [0.15, 0.2) is 43.0 Å². The van der Waals surface area contributed by atoms with Crippen LogP contribution < -0.4 is 20.1 Å². The molecule has 2 atom stereocenters.